The number of carbonyl (C=O) groups excluding carboxylic acids is 1. The van der Waals surface area contributed by atoms with Gasteiger partial charge in [-0.1, -0.05) is 19.8 Å². The van der Waals surface area contributed by atoms with Gasteiger partial charge in [0.1, 0.15) is 0 Å². The summed E-state index contributed by atoms with van der Waals surface area (Å²) >= 11 is 1.89. The molecule has 3 atom stereocenters. The molecule has 1 aliphatic carbocycles. The van der Waals surface area contributed by atoms with E-state index in [4.69, 9.17) is 0 Å². The molecule has 2 fully saturated rings. The quantitative estimate of drug-likeness (QED) is 0.836. The molecule has 2 N–H and O–H groups in total. The Morgan fingerprint density at radius 3 is 2.80 bits per heavy atom. The number of carboxylic acid groups (broad SMARTS) is 1. The zero-order valence-electron chi connectivity index (χ0n) is 12.0. The van der Waals surface area contributed by atoms with Gasteiger partial charge in [-0.3, -0.25) is 4.79 Å². The molecule has 1 saturated heterocycles. The SMILES string of the molecule is CC1CN(C(=O)NCC2CCCCC2C(=O)O)CCS1. The second-order valence-electron chi connectivity index (χ2n) is 5.80. The topological polar surface area (TPSA) is 69.6 Å². The molecule has 2 amide bonds. The van der Waals surface area contributed by atoms with Gasteiger partial charge in [0.25, 0.3) is 0 Å². The van der Waals surface area contributed by atoms with Crippen molar-refractivity contribution < 1.29 is 14.7 Å². The average Bonchev–Trinajstić information content (AvgIpc) is 2.45. The van der Waals surface area contributed by atoms with E-state index in [-0.39, 0.29) is 17.9 Å². The zero-order valence-corrected chi connectivity index (χ0v) is 12.8. The fraction of sp³-hybridized carbons (Fsp3) is 0.857. The fourth-order valence-corrected chi connectivity index (χ4v) is 4.12. The number of amides is 2. The lowest BCUT2D eigenvalue weighted by atomic mass is 9.79. The normalized spacial score (nSPS) is 30.9. The van der Waals surface area contributed by atoms with Crippen LogP contribution in [0, 0.1) is 11.8 Å². The maximum absolute atomic E-state index is 12.1. The molecule has 1 heterocycles. The van der Waals surface area contributed by atoms with Crippen LogP contribution in [0.3, 0.4) is 0 Å². The Bertz CT molecular complexity index is 364. The minimum Gasteiger partial charge on any atom is -0.481 e. The molecule has 0 bridgehead atoms. The van der Waals surface area contributed by atoms with Crippen LogP contribution in [0.25, 0.3) is 0 Å². The van der Waals surface area contributed by atoms with Crippen LogP contribution in [0.5, 0.6) is 0 Å². The molecule has 2 rings (SSSR count). The van der Waals surface area contributed by atoms with Gasteiger partial charge in [-0.25, -0.2) is 4.79 Å². The average molecular weight is 300 g/mol. The van der Waals surface area contributed by atoms with E-state index >= 15 is 0 Å². The molecule has 114 valence electrons. The summed E-state index contributed by atoms with van der Waals surface area (Å²) < 4.78 is 0. The van der Waals surface area contributed by atoms with Crippen molar-refractivity contribution in [2.75, 3.05) is 25.4 Å². The second-order valence-corrected chi connectivity index (χ2v) is 7.35. The van der Waals surface area contributed by atoms with Crippen LogP contribution in [-0.4, -0.2) is 52.6 Å². The van der Waals surface area contributed by atoms with Crippen molar-refractivity contribution in [3.63, 3.8) is 0 Å². The highest BCUT2D eigenvalue weighted by molar-refractivity contribution is 7.99. The van der Waals surface area contributed by atoms with Crippen molar-refractivity contribution in [1.82, 2.24) is 10.2 Å². The molecule has 0 aromatic carbocycles. The lowest BCUT2D eigenvalue weighted by Crippen LogP contribution is -2.48. The Morgan fingerprint density at radius 2 is 2.10 bits per heavy atom. The Hall–Kier alpha value is -0.910. The number of urea groups is 1. The molecule has 0 spiro atoms. The van der Waals surface area contributed by atoms with Crippen molar-refractivity contribution in [2.45, 2.75) is 37.9 Å². The highest BCUT2D eigenvalue weighted by atomic mass is 32.2. The molecule has 20 heavy (non-hydrogen) atoms. The zero-order chi connectivity index (χ0) is 14.5. The van der Waals surface area contributed by atoms with Gasteiger partial charge in [-0.05, 0) is 18.8 Å². The Labute approximate surface area is 124 Å². The lowest BCUT2D eigenvalue weighted by molar-refractivity contribution is -0.144. The van der Waals surface area contributed by atoms with Crippen molar-refractivity contribution in [3.8, 4) is 0 Å². The maximum atomic E-state index is 12.1. The third-order valence-electron chi connectivity index (χ3n) is 4.27. The summed E-state index contributed by atoms with van der Waals surface area (Å²) in [5, 5.41) is 12.7. The predicted octanol–water partition coefficient (Wildman–Crippen LogP) is 2.02. The molecular weight excluding hydrogens is 276 g/mol. The van der Waals surface area contributed by atoms with Crippen molar-refractivity contribution in [2.24, 2.45) is 11.8 Å². The summed E-state index contributed by atoms with van der Waals surface area (Å²) in [6.45, 7) is 4.19. The van der Waals surface area contributed by atoms with Gasteiger partial charge < -0.3 is 15.3 Å². The van der Waals surface area contributed by atoms with Gasteiger partial charge in [-0.15, -0.1) is 0 Å². The summed E-state index contributed by atoms with van der Waals surface area (Å²) in [6, 6.07) is -0.0353. The third kappa shape index (κ3) is 4.04. The van der Waals surface area contributed by atoms with E-state index < -0.39 is 5.97 Å². The Balaban J connectivity index is 1.81. The van der Waals surface area contributed by atoms with Gasteiger partial charge >= 0.3 is 12.0 Å². The van der Waals surface area contributed by atoms with E-state index in [9.17, 15) is 14.7 Å². The van der Waals surface area contributed by atoms with Crippen LogP contribution in [0.15, 0.2) is 0 Å². The van der Waals surface area contributed by atoms with E-state index in [0.29, 0.717) is 11.8 Å². The molecule has 0 radical (unpaired) electrons. The van der Waals surface area contributed by atoms with E-state index in [0.717, 1.165) is 44.5 Å². The molecule has 0 aromatic heterocycles. The smallest absolute Gasteiger partial charge is 0.317 e. The number of nitrogens with one attached hydrogen (secondary N) is 1. The molecule has 5 nitrogen and oxygen atoms in total. The summed E-state index contributed by atoms with van der Waals surface area (Å²) in [7, 11) is 0. The molecule has 3 unspecified atom stereocenters. The molecular formula is C14H24N2O3S. The largest absolute Gasteiger partial charge is 0.481 e. The highest BCUT2D eigenvalue weighted by Crippen LogP contribution is 2.29. The van der Waals surface area contributed by atoms with Gasteiger partial charge in [0, 0.05) is 30.6 Å². The van der Waals surface area contributed by atoms with Crippen molar-refractivity contribution in [1.29, 1.82) is 0 Å². The van der Waals surface area contributed by atoms with Crippen LogP contribution >= 0.6 is 11.8 Å². The fourth-order valence-electron chi connectivity index (χ4n) is 3.11. The molecule has 1 aliphatic heterocycles. The second kappa shape index (κ2) is 7.20. The number of thioether (sulfide) groups is 1. The van der Waals surface area contributed by atoms with Crippen molar-refractivity contribution >= 4 is 23.8 Å². The van der Waals surface area contributed by atoms with E-state index in [1.165, 1.54) is 0 Å². The lowest BCUT2D eigenvalue weighted by Gasteiger charge is -2.33. The number of hydrogen-bond donors (Lipinski definition) is 2. The van der Waals surface area contributed by atoms with Gasteiger partial charge in [0.2, 0.25) is 0 Å². The molecule has 0 aromatic rings. The van der Waals surface area contributed by atoms with Crippen LogP contribution in [-0.2, 0) is 4.79 Å². The molecule has 1 saturated carbocycles. The summed E-state index contributed by atoms with van der Waals surface area (Å²) in [6.07, 6.45) is 3.71. The summed E-state index contributed by atoms with van der Waals surface area (Å²) in [4.78, 5) is 25.2. The molecule has 2 aliphatic rings. The number of aliphatic carboxylic acids is 1. The van der Waals surface area contributed by atoms with Gasteiger partial charge in [0.05, 0.1) is 5.92 Å². The number of hydrogen-bond acceptors (Lipinski definition) is 3. The van der Waals surface area contributed by atoms with Crippen LogP contribution in [0.1, 0.15) is 32.6 Å². The number of rotatable bonds is 3. The predicted molar refractivity (Wildman–Crippen MR) is 80.0 cm³/mol. The van der Waals surface area contributed by atoms with Gasteiger partial charge in [0.15, 0.2) is 0 Å². The van der Waals surface area contributed by atoms with Crippen LogP contribution < -0.4 is 5.32 Å². The minimum atomic E-state index is -0.716. The first-order chi connectivity index (χ1) is 9.58. The Morgan fingerprint density at radius 1 is 1.35 bits per heavy atom. The van der Waals surface area contributed by atoms with Gasteiger partial charge in [-0.2, -0.15) is 11.8 Å². The number of nitrogens with zero attached hydrogens (tertiary/aromatic N) is 1. The molecule has 6 heteroatoms. The van der Waals surface area contributed by atoms with E-state index in [2.05, 4.69) is 12.2 Å². The minimum absolute atomic E-state index is 0.0353. The Kier molecular flexibility index (Phi) is 5.57. The third-order valence-corrected chi connectivity index (χ3v) is 5.41. The van der Waals surface area contributed by atoms with E-state index in [1.54, 1.807) is 0 Å². The number of carbonyl (C=O) groups is 2. The maximum Gasteiger partial charge on any atom is 0.317 e. The van der Waals surface area contributed by atoms with E-state index in [1.807, 2.05) is 16.7 Å². The van der Waals surface area contributed by atoms with Crippen LogP contribution in [0.2, 0.25) is 0 Å². The first-order valence-corrected chi connectivity index (χ1v) is 8.50. The van der Waals surface area contributed by atoms with Crippen molar-refractivity contribution in [3.05, 3.63) is 0 Å². The van der Waals surface area contributed by atoms with Crippen LogP contribution in [0.4, 0.5) is 4.79 Å². The summed E-state index contributed by atoms with van der Waals surface area (Å²) in [5.41, 5.74) is 0. The first kappa shape index (κ1) is 15.5. The highest BCUT2D eigenvalue weighted by Gasteiger charge is 2.31. The monoisotopic (exact) mass is 300 g/mol. The first-order valence-electron chi connectivity index (χ1n) is 7.45. The number of carboxylic acids is 1. The standard InChI is InChI=1S/C14H24N2O3S/c1-10-9-16(6-7-20-10)14(19)15-8-11-4-2-3-5-12(11)13(17)18/h10-12H,2-9H2,1H3,(H,15,19)(H,17,18). The summed E-state index contributed by atoms with van der Waals surface area (Å²) in [5.74, 6) is 0.0593.